The monoisotopic (exact) mass is 324 g/mol. The fourth-order valence-corrected chi connectivity index (χ4v) is 2.67. The van der Waals surface area contributed by atoms with Crippen LogP contribution in [0.15, 0.2) is 28.7 Å². The van der Waals surface area contributed by atoms with Gasteiger partial charge in [-0.15, -0.1) is 0 Å². The lowest BCUT2D eigenvalue weighted by Crippen LogP contribution is -2.40. The fourth-order valence-electron chi connectivity index (χ4n) is 2.41. The highest BCUT2D eigenvalue weighted by atomic mass is 79.9. The topological polar surface area (TPSA) is 15.3 Å². The molecule has 0 aliphatic heterocycles. The molecule has 2 rings (SSSR count). The molecule has 2 nitrogen and oxygen atoms in total. The number of hydrogen-bond acceptors (Lipinski definition) is 2. The van der Waals surface area contributed by atoms with Gasteiger partial charge in [-0.2, -0.15) is 0 Å². The van der Waals surface area contributed by atoms with Gasteiger partial charge in [-0.3, -0.25) is 4.90 Å². The average Bonchev–Trinajstić information content (AvgIpc) is 3.21. The number of rotatable bonds is 8. The standard InChI is InChI=1S/C16H25BrN2/c1-3-4-16(11-18-15-9-10-15)19(2)12-13-5-7-14(17)8-6-13/h5-8,15-16,18H,3-4,9-12H2,1-2H3. The van der Waals surface area contributed by atoms with E-state index < -0.39 is 0 Å². The van der Waals surface area contributed by atoms with E-state index in [1.807, 2.05) is 0 Å². The van der Waals surface area contributed by atoms with Crippen LogP contribution in [0, 0.1) is 0 Å². The molecule has 1 aliphatic carbocycles. The predicted molar refractivity (Wildman–Crippen MR) is 85.3 cm³/mol. The van der Waals surface area contributed by atoms with Crippen molar-refractivity contribution in [2.45, 2.75) is 51.2 Å². The minimum Gasteiger partial charge on any atom is -0.312 e. The number of halogens is 1. The van der Waals surface area contributed by atoms with Crippen molar-refractivity contribution in [1.29, 1.82) is 0 Å². The quantitative estimate of drug-likeness (QED) is 0.782. The van der Waals surface area contributed by atoms with Crippen LogP contribution in [0.25, 0.3) is 0 Å². The molecule has 1 fully saturated rings. The number of nitrogens with zero attached hydrogens (tertiary/aromatic N) is 1. The Kier molecular flexibility index (Phi) is 5.86. The molecule has 1 aliphatic rings. The molecule has 1 N–H and O–H groups in total. The van der Waals surface area contributed by atoms with Gasteiger partial charge in [0, 0.05) is 29.6 Å². The van der Waals surface area contributed by atoms with Gasteiger partial charge in [0.25, 0.3) is 0 Å². The fraction of sp³-hybridized carbons (Fsp3) is 0.625. The molecule has 1 saturated carbocycles. The lowest BCUT2D eigenvalue weighted by Gasteiger charge is -2.28. The molecule has 0 heterocycles. The SMILES string of the molecule is CCCC(CNC1CC1)N(C)Cc1ccc(Br)cc1. The average molecular weight is 325 g/mol. The molecule has 1 atom stereocenters. The second kappa shape index (κ2) is 7.41. The zero-order valence-corrected chi connectivity index (χ0v) is 13.6. The Morgan fingerprint density at radius 2 is 2.00 bits per heavy atom. The van der Waals surface area contributed by atoms with Crippen molar-refractivity contribution in [3.05, 3.63) is 34.3 Å². The van der Waals surface area contributed by atoms with Crippen molar-refractivity contribution in [2.24, 2.45) is 0 Å². The summed E-state index contributed by atoms with van der Waals surface area (Å²) in [4.78, 5) is 2.49. The maximum absolute atomic E-state index is 3.67. The highest BCUT2D eigenvalue weighted by Gasteiger charge is 2.23. The van der Waals surface area contributed by atoms with E-state index in [2.05, 4.69) is 64.4 Å². The van der Waals surface area contributed by atoms with Gasteiger partial charge in [0.2, 0.25) is 0 Å². The van der Waals surface area contributed by atoms with E-state index in [0.29, 0.717) is 6.04 Å². The third-order valence-corrected chi connectivity index (χ3v) is 4.34. The van der Waals surface area contributed by atoms with Crippen molar-refractivity contribution in [2.75, 3.05) is 13.6 Å². The first-order valence-electron chi connectivity index (χ1n) is 7.37. The first-order valence-corrected chi connectivity index (χ1v) is 8.16. The van der Waals surface area contributed by atoms with Crippen LogP contribution >= 0.6 is 15.9 Å². The van der Waals surface area contributed by atoms with Gasteiger partial charge in [-0.1, -0.05) is 41.4 Å². The molecular weight excluding hydrogens is 300 g/mol. The highest BCUT2D eigenvalue weighted by molar-refractivity contribution is 9.10. The summed E-state index contributed by atoms with van der Waals surface area (Å²) in [6.07, 6.45) is 5.26. The van der Waals surface area contributed by atoms with Crippen LogP contribution in [0.4, 0.5) is 0 Å². The Balaban J connectivity index is 1.85. The van der Waals surface area contributed by atoms with E-state index in [-0.39, 0.29) is 0 Å². The predicted octanol–water partition coefficient (Wildman–Crippen LogP) is 3.80. The van der Waals surface area contributed by atoms with Gasteiger partial charge in [0.05, 0.1) is 0 Å². The zero-order valence-electron chi connectivity index (χ0n) is 12.0. The number of nitrogens with one attached hydrogen (secondary N) is 1. The van der Waals surface area contributed by atoms with Crippen LogP contribution in [-0.4, -0.2) is 30.6 Å². The summed E-state index contributed by atoms with van der Waals surface area (Å²) in [7, 11) is 2.25. The first-order chi connectivity index (χ1) is 9.19. The van der Waals surface area contributed by atoms with Gasteiger partial charge in [0.15, 0.2) is 0 Å². The summed E-state index contributed by atoms with van der Waals surface area (Å²) in [5.41, 5.74) is 1.39. The Labute approximate surface area is 125 Å². The van der Waals surface area contributed by atoms with Gasteiger partial charge < -0.3 is 5.32 Å². The van der Waals surface area contributed by atoms with Crippen molar-refractivity contribution in [3.8, 4) is 0 Å². The Morgan fingerprint density at radius 3 is 2.58 bits per heavy atom. The van der Waals surface area contributed by atoms with Gasteiger partial charge in [-0.05, 0) is 44.0 Å². The van der Waals surface area contributed by atoms with Crippen LogP contribution < -0.4 is 5.32 Å². The smallest absolute Gasteiger partial charge is 0.0234 e. The summed E-state index contributed by atoms with van der Waals surface area (Å²) < 4.78 is 1.15. The maximum atomic E-state index is 3.67. The van der Waals surface area contributed by atoms with E-state index in [4.69, 9.17) is 0 Å². The van der Waals surface area contributed by atoms with Crippen LogP contribution in [0.2, 0.25) is 0 Å². The molecule has 1 aromatic carbocycles. The maximum Gasteiger partial charge on any atom is 0.0234 e. The molecule has 1 unspecified atom stereocenters. The lowest BCUT2D eigenvalue weighted by molar-refractivity contribution is 0.214. The summed E-state index contributed by atoms with van der Waals surface area (Å²) in [5, 5.41) is 3.67. The number of benzene rings is 1. The van der Waals surface area contributed by atoms with Gasteiger partial charge in [0.1, 0.15) is 0 Å². The molecule has 0 bridgehead atoms. The molecule has 106 valence electrons. The highest BCUT2D eigenvalue weighted by Crippen LogP contribution is 2.19. The van der Waals surface area contributed by atoms with Crippen molar-refractivity contribution in [3.63, 3.8) is 0 Å². The zero-order chi connectivity index (χ0) is 13.7. The summed E-state index contributed by atoms with van der Waals surface area (Å²) in [6, 6.07) is 10.1. The molecule has 0 amide bonds. The lowest BCUT2D eigenvalue weighted by atomic mass is 10.1. The van der Waals surface area contributed by atoms with E-state index in [0.717, 1.165) is 23.6 Å². The third kappa shape index (κ3) is 5.25. The van der Waals surface area contributed by atoms with E-state index in [1.165, 1.54) is 31.2 Å². The Morgan fingerprint density at radius 1 is 1.32 bits per heavy atom. The molecule has 1 aromatic rings. The van der Waals surface area contributed by atoms with Gasteiger partial charge >= 0.3 is 0 Å². The van der Waals surface area contributed by atoms with Crippen molar-refractivity contribution in [1.82, 2.24) is 10.2 Å². The number of likely N-dealkylation sites (N-methyl/N-ethyl adjacent to an activating group) is 1. The van der Waals surface area contributed by atoms with Crippen LogP contribution in [0.5, 0.6) is 0 Å². The summed E-state index contributed by atoms with van der Waals surface area (Å²) in [5.74, 6) is 0. The van der Waals surface area contributed by atoms with E-state index in [1.54, 1.807) is 0 Å². The second-order valence-corrected chi connectivity index (χ2v) is 6.58. The largest absolute Gasteiger partial charge is 0.312 e. The molecular formula is C16H25BrN2. The van der Waals surface area contributed by atoms with E-state index in [9.17, 15) is 0 Å². The Hall–Kier alpha value is -0.380. The van der Waals surface area contributed by atoms with Crippen LogP contribution in [-0.2, 0) is 6.54 Å². The minimum atomic E-state index is 0.647. The molecule has 0 aromatic heterocycles. The molecule has 0 spiro atoms. The Bertz CT molecular complexity index is 373. The third-order valence-electron chi connectivity index (χ3n) is 3.81. The molecule has 19 heavy (non-hydrogen) atoms. The van der Waals surface area contributed by atoms with Crippen molar-refractivity contribution < 1.29 is 0 Å². The molecule has 0 saturated heterocycles. The van der Waals surface area contributed by atoms with E-state index >= 15 is 0 Å². The van der Waals surface area contributed by atoms with Crippen molar-refractivity contribution >= 4 is 15.9 Å². The van der Waals surface area contributed by atoms with Crippen LogP contribution in [0.3, 0.4) is 0 Å². The second-order valence-electron chi connectivity index (χ2n) is 5.67. The first kappa shape index (κ1) is 15.0. The van der Waals surface area contributed by atoms with Crippen LogP contribution in [0.1, 0.15) is 38.2 Å². The summed E-state index contributed by atoms with van der Waals surface area (Å²) in [6.45, 7) is 4.44. The number of hydrogen-bond donors (Lipinski definition) is 1. The van der Waals surface area contributed by atoms with Gasteiger partial charge in [-0.25, -0.2) is 0 Å². The minimum absolute atomic E-state index is 0.647. The normalized spacial score (nSPS) is 16.8. The summed E-state index contributed by atoms with van der Waals surface area (Å²) >= 11 is 3.49. The molecule has 3 heteroatoms. The molecule has 0 radical (unpaired) electrons.